The first kappa shape index (κ1) is 37.6. The summed E-state index contributed by atoms with van der Waals surface area (Å²) in [6, 6.07) is 17.3. The first-order valence-corrected chi connectivity index (χ1v) is 17.4. The van der Waals surface area contributed by atoms with E-state index in [2.05, 4.69) is 22.9 Å². The molecule has 1 fully saturated rings. The Morgan fingerprint density at radius 1 is 0.780 bits per heavy atom. The third-order valence-corrected chi connectivity index (χ3v) is 8.67. The van der Waals surface area contributed by atoms with Crippen molar-refractivity contribution in [2.24, 2.45) is 5.92 Å². The summed E-state index contributed by atoms with van der Waals surface area (Å²) in [6.07, 6.45) is 9.58. The molecular formula is C39H47N3O8. The predicted molar refractivity (Wildman–Crippen MR) is 189 cm³/mol. The molecule has 0 radical (unpaired) electrons. The molecule has 2 atom stereocenters. The van der Waals surface area contributed by atoms with Crippen LogP contribution in [0, 0.1) is 5.92 Å². The highest BCUT2D eigenvalue weighted by Crippen LogP contribution is 2.26. The Morgan fingerprint density at radius 3 is 2.04 bits per heavy atom. The van der Waals surface area contributed by atoms with Crippen molar-refractivity contribution in [2.75, 3.05) is 11.9 Å². The Kier molecular flexibility index (Phi) is 14.4. The van der Waals surface area contributed by atoms with Crippen molar-refractivity contribution < 1.29 is 38.6 Å². The second-order valence-electron chi connectivity index (χ2n) is 12.7. The van der Waals surface area contributed by atoms with Gasteiger partial charge in [0.25, 0.3) is 5.91 Å². The van der Waals surface area contributed by atoms with Crippen molar-refractivity contribution in [3.05, 3.63) is 89.5 Å². The number of benzene rings is 3. The number of carbonyl (C=O) groups excluding carboxylic acids is 4. The molecule has 4 N–H and O–H groups in total. The van der Waals surface area contributed by atoms with Crippen LogP contribution in [0.5, 0.6) is 11.5 Å². The Hall–Kier alpha value is -5.19. The lowest BCUT2D eigenvalue weighted by Crippen LogP contribution is -2.51. The number of ether oxygens (including phenoxy) is 2. The van der Waals surface area contributed by atoms with E-state index in [0.29, 0.717) is 29.2 Å². The number of nitrogens with one attached hydrogen (secondary N) is 3. The van der Waals surface area contributed by atoms with Gasteiger partial charge in [-0.1, -0.05) is 57.6 Å². The van der Waals surface area contributed by atoms with E-state index < -0.39 is 35.8 Å². The van der Waals surface area contributed by atoms with Crippen LogP contribution >= 0.6 is 0 Å². The third-order valence-electron chi connectivity index (χ3n) is 8.67. The summed E-state index contributed by atoms with van der Waals surface area (Å²) in [6.45, 7) is 4.13. The normalized spacial score (nSPS) is 13.9. The fourth-order valence-electron chi connectivity index (χ4n) is 5.64. The maximum Gasteiger partial charge on any atom is 0.343 e. The summed E-state index contributed by atoms with van der Waals surface area (Å²) in [5.41, 5.74) is 1.82. The van der Waals surface area contributed by atoms with Crippen molar-refractivity contribution in [3.63, 3.8) is 0 Å². The summed E-state index contributed by atoms with van der Waals surface area (Å²) < 4.78 is 11.3. The van der Waals surface area contributed by atoms with E-state index in [1.54, 1.807) is 72.8 Å². The zero-order valence-electron chi connectivity index (χ0n) is 28.7. The molecule has 0 aromatic heterocycles. The fraction of sp³-hybridized carbons (Fsp3) is 0.410. The number of aliphatic carboxylic acids is 1. The minimum atomic E-state index is -1.22. The highest BCUT2D eigenvalue weighted by Gasteiger charge is 2.26. The molecule has 1 aliphatic carbocycles. The molecule has 0 aliphatic heterocycles. The summed E-state index contributed by atoms with van der Waals surface area (Å²) in [5.74, 6) is -2.04. The van der Waals surface area contributed by atoms with Gasteiger partial charge in [0.15, 0.2) is 0 Å². The lowest BCUT2D eigenvalue weighted by Gasteiger charge is -2.20. The molecule has 11 heteroatoms. The molecule has 266 valence electrons. The summed E-state index contributed by atoms with van der Waals surface area (Å²) >= 11 is 0. The Morgan fingerprint density at radius 2 is 1.40 bits per heavy atom. The van der Waals surface area contributed by atoms with Gasteiger partial charge in [0.05, 0.1) is 12.2 Å². The monoisotopic (exact) mass is 685 g/mol. The summed E-state index contributed by atoms with van der Waals surface area (Å²) in [5, 5.41) is 17.3. The zero-order chi connectivity index (χ0) is 35.9. The molecule has 0 unspecified atom stereocenters. The molecule has 3 aromatic rings. The maximum absolute atomic E-state index is 13.2. The van der Waals surface area contributed by atoms with Gasteiger partial charge in [0, 0.05) is 23.6 Å². The summed E-state index contributed by atoms with van der Waals surface area (Å²) in [4.78, 5) is 62.9. The number of esters is 1. The van der Waals surface area contributed by atoms with Crippen molar-refractivity contribution in [1.29, 1.82) is 0 Å². The van der Waals surface area contributed by atoms with Gasteiger partial charge in [0.1, 0.15) is 23.6 Å². The second kappa shape index (κ2) is 19.1. The first-order chi connectivity index (χ1) is 24.1. The van der Waals surface area contributed by atoms with Gasteiger partial charge in [-0.15, -0.1) is 0 Å². The number of carboxylic acids is 1. The van der Waals surface area contributed by atoms with Crippen LogP contribution in [0.4, 0.5) is 5.69 Å². The average Bonchev–Trinajstić information content (AvgIpc) is 3.66. The smallest absolute Gasteiger partial charge is 0.343 e. The highest BCUT2D eigenvalue weighted by atomic mass is 16.5. The topological polar surface area (TPSA) is 160 Å². The molecule has 50 heavy (non-hydrogen) atoms. The molecule has 4 rings (SSSR count). The van der Waals surface area contributed by atoms with Gasteiger partial charge in [-0.2, -0.15) is 0 Å². The van der Waals surface area contributed by atoms with Gasteiger partial charge in [0.2, 0.25) is 11.8 Å². The molecule has 3 aromatic carbocycles. The van der Waals surface area contributed by atoms with E-state index in [-0.39, 0.29) is 29.6 Å². The highest BCUT2D eigenvalue weighted by molar-refractivity contribution is 5.99. The Bertz CT molecular complexity index is 1580. The van der Waals surface area contributed by atoms with Crippen LogP contribution in [0.1, 0.15) is 97.9 Å². The number of anilines is 1. The number of carbonyl (C=O) groups is 5. The van der Waals surface area contributed by atoms with Crippen molar-refractivity contribution in [2.45, 2.75) is 90.1 Å². The van der Waals surface area contributed by atoms with Crippen LogP contribution in [0.25, 0.3) is 0 Å². The summed E-state index contributed by atoms with van der Waals surface area (Å²) in [7, 11) is 0. The van der Waals surface area contributed by atoms with Crippen LogP contribution in [0.15, 0.2) is 72.8 Å². The standard InChI is InChI=1S/C39H47N3O8/c1-3-4-5-6-9-24-49-32-22-16-30(17-23-32)39(48)50-33-20-12-27(13-21-33)25-34(37(45)40-26(2)38(46)47)42-36(44)29-14-18-31(19-15-29)41-35(43)28-10-7-8-11-28/h12-23,26,28,34H,3-11,24-25H2,1-2H3,(H,40,45)(H,41,43)(H,42,44)(H,46,47)/t26-,34-/m0/s1. The van der Waals surface area contributed by atoms with E-state index in [9.17, 15) is 29.1 Å². The minimum absolute atomic E-state index is 0.00106. The van der Waals surface area contributed by atoms with Crippen LogP contribution in [0.3, 0.4) is 0 Å². The number of unbranched alkanes of at least 4 members (excludes halogenated alkanes) is 4. The molecule has 0 bridgehead atoms. The quantitative estimate of drug-likeness (QED) is 0.0688. The van der Waals surface area contributed by atoms with E-state index in [0.717, 1.165) is 38.5 Å². The molecule has 0 spiro atoms. The van der Waals surface area contributed by atoms with Gasteiger partial charge >= 0.3 is 11.9 Å². The number of amides is 3. The van der Waals surface area contributed by atoms with E-state index in [1.165, 1.54) is 26.2 Å². The maximum atomic E-state index is 13.2. The zero-order valence-corrected chi connectivity index (χ0v) is 28.7. The molecule has 1 saturated carbocycles. The number of carboxylic acid groups (broad SMARTS) is 1. The van der Waals surface area contributed by atoms with Crippen LogP contribution in [0.2, 0.25) is 0 Å². The largest absolute Gasteiger partial charge is 0.494 e. The lowest BCUT2D eigenvalue weighted by molar-refractivity contribution is -0.141. The molecule has 1 aliphatic rings. The van der Waals surface area contributed by atoms with Gasteiger partial charge in [-0.3, -0.25) is 19.2 Å². The third kappa shape index (κ3) is 11.7. The van der Waals surface area contributed by atoms with Crippen molar-refractivity contribution in [1.82, 2.24) is 10.6 Å². The fourth-order valence-corrected chi connectivity index (χ4v) is 5.64. The van der Waals surface area contributed by atoms with E-state index >= 15 is 0 Å². The SMILES string of the molecule is CCCCCCCOc1ccc(C(=O)Oc2ccc(C[C@H](NC(=O)c3ccc(NC(=O)C4CCCC4)cc3)C(=O)N[C@@H](C)C(=O)O)cc2)cc1. The van der Waals surface area contributed by atoms with Crippen LogP contribution in [-0.2, 0) is 20.8 Å². The molecular weight excluding hydrogens is 638 g/mol. The number of rotatable bonds is 18. The first-order valence-electron chi connectivity index (χ1n) is 17.4. The molecule has 0 heterocycles. The average molecular weight is 686 g/mol. The van der Waals surface area contributed by atoms with Gasteiger partial charge in [-0.05, 0) is 92.4 Å². The van der Waals surface area contributed by atoms with E-state index in [1.807, 2.05) is 0 Å². The lowest BCUT2D eigenvalue weighted by atomic mass is 10.0. The number of hydrogen-bond acceptors (Lipinski definition) is 7. The Balaban J connectivity index is 1.34. The predicted octanol–water partition coefficient (Wildman–Crippen LogP) is 6.31. The van der Waals surface area contributed by atoms with Gasteiger partial charge < -0.3 is 30.5 Å². The molecule has 3 amide bonds. The Labute approximate surface area is 293 Å². The van der Waals surface area contributed by atoms with Crippen LogP contribution in [-0.4, -0.2) is 53.5 Å². The van der Waals surface area contributed by atoms with Crippen LogP contribution < -0.4 is 25.4 Å². The van der Waals surface area contributed by atoms with Crippen molar-refractivity contribution >= 4 is 35.3 Å². The van der Waals surface area contributed by atoms with E-state index in [4.69, 9.17) is 9.47 Å². The number of hydrogen-bond donors (Lipinski definition) is 4. The molecule has 11 nitrogen and oxygen atoms in total. The molecule has 0 saturated heterocycles. The second-order valence-corrected chi connectivity index (χ2v) is 12.7. The van der Waals surface area contributed by atoms with Gasteiger partial charge in [-0.25, -0.2) is 4.79 Å². The van der Waals surface area contributed by atoms with Crippen molar-refractivity contribution in [3.8, 4) is 11.5 Å². The minimum Gasteiger partial charge on any atom is -0.494 e.